The number of rotatable bonds is 15. The summed E-state index contributed by atoms with van der Waals surface area (Å²) in [5.41, 5.74) is 0. The molecule has 0 saturated carbocycles. The van der Waals surface area contributed by atoms with E-state index in [-0.39, 0.29) is 36.9 Å². The van der Waals surface area contributed by atoms with Gasteiger partial charge in [-0.2, -0.15) is 0 Å². The molecule has 0 saturated heterocycles. The number of hydrogen-bond donors (Lipinski definition) is 2. The molecule has 0 aliphatic carbocycles. The summed E-state index contributed by atoms with van der Waals surface area (Å²) in [6.07, 6.45) is -3.50. The minimum Gasteiger partial charge on any atom is -0.413 e. The van der Waals surface area contributed by atoms with Crippen LogP contribution in [0, 0.1) is 0 Å². The lowest BCUT2D eigenvalue weighted by Gasteiger charge is -2.13. The molecule has 0 bridgehead atoms. The highest BCUT2D eigenvalue weighted by atomic mass is 32.7. The molecule has 0 amide bonds. The highest BCUT2D eigenvalue weighted by Gasteiger charge is 2.35. The fourth-order valence-corrected chi connectivity index (χ4v) is 7.92. The van der Waals surface area contributed by atoms with Crippen LogP contribution >= 0.6 is 36.4 Å². The predicted molar refractivity (Wildman–Crippen MR) is 112 cm³/mol. The molecule has 14 nitrogen and oxygen atoms in total. The molecule has 32 heavy (non-hydrogen) atoms. The fourth-order valence-electron chi connectivity index (χ4n) is 2.03. The first-order valence-electron chi connectivity index (χ1n) is 9.39. The van der Waals surface area contributed by atoms with Crippen LogP contribution in [-0.4, -0.2) is 57.0 Å². The van der Waals surface area contributed by atoms with Crippen LogP contribution in [0.2, 0.25) is 0 Å². The zero-order valence-corrected chi connectivity index (χ0v) is 21.1. The van der Waals surface area contributed by atoms with E-state index in [1.165, 1.54) is 0 Å². The second-order valence-electron chi connectivity index (χ2n) is 5.45. The average Bonchev–Trinajstić information content (AvgIpc) is 3.37. The maximum Gasteiger partial charge on any atom is 0.398 e. The molecule has 2 N–H and O–H groups in total. The molecule has 182 valence electrons. The van der Waals surface area contributed by atoms with E-state index in [1.54, 1.807) is 27.7 Å². The van der Waals surface area contributed by atoms with Crippen molar-refractivity contribution in [3.63, 3.8) is 0 Å². The second-order valence-corrected chi connectivity index (χ2v) is 13.1. The van der Waals surface area contributed by atoms with E-state index in [9.17, 15) is 19.3 Å². The summed E-state index contributed by atoms with van der Waals surface area (Å²) >= 11 is 1.14. The molecule has 2 rings (SSSR count). The van der Waals surface area contributed by atoms with Crippen LogP contribution in [0.15, 0.2) is 19.3 Å². The molecule has 18 heteroatoms. The van der Waals surface area contributed by atoms with Gasteiger partial charge >= 0.3 is 13.6 Å². The molecule has 2 aromatic heterocycles. The molecule has 0 radical (unpaired) electrons. The lowest BCUT2D eigenvalue weighted by Crippen LogP contribution is -2.11. The normalized spacial score (nSPS) is 14.6. The van der Waals surface area contributed by atoms with Gasteiger partial charge in [-0.25, -0.2) is 9.13 Å². The maximum absolute atomic E-state index is 12.5. The Balaban J connectivity index is 2.09. The lowest BCUT2D eigenvalue weighted by molar-refractivity contribution is -0.0172. The third kappa shape index (κ3) is 7.62. The Labute approximate surface area is 191 Å². The van der Waals surface area contributed by atoms with Crippen molar-refractivity contribution in [2.24, 2.45) is 0 Å². The number of aliphatic hydroxyl groups is 2. The van der Waals surface area contributed by atoms with Gasteiger partial charge in [0.2, 0.25) is 11.8 Å². The monoisotopic (exact) mass is 534 g/mol. The van der Waals surface area contributed by atoms with Crippen LogP contribution in [0.4, 0.5) is 0 Å². The third-order valence-corrected chi connectivity index (χ3v) is 10.1. The molecule has 2 heterocycles. The average molecular weight is 534 g/mol. The van der Waals surface area contributed by atoms with Crippen LogP contribution < -0.4 is 0 Å². The topological polar surface area (TPSA) is 189 Å². The minimum absolute atomic E-state index is 0.129. The van der Waals surface area contributed by atoms with Crippen LogP contribution in [0.1, 0.15) is 51.7 Å². The molecule has 2 unspecified atom stereocenters. The second kappa shape index (κ2) is 12.6. The zero-order chi connectivity index (χ0) is 23.8. The van der Waals surface area contributed by atoms with Gasteiger partial charge in [0.25, 0.3) is 10.4 Å². The van der Waals surface area contributed by atoms with Gasteiger partial charge in [0.1, 0.15) is 0 Å². The Morgan fingerprint density at radius 3 is 1.31 bits per heavy atom. The summed E-state index contributed by atoms with van der Waals surface area (Å²) in [6, 6.07) is 0. The molecular weight excluding hydrogens is 510 g/mol. The van der Waals surface area contributed by atoms with Gasteiger partial charge in [0.15, 0.2) is 12.2 Å². The van der Waals surface area contributed by atoms with Gasteiger partial charge in [0.05, 0.1) is 49.2 Å². The molecule has 2 aromatic rings. The number of hydrogen-bond acceptors (Lipinski definition) is 16. The summed E-state index contributed by atoms with van der Waals surface area (Å²) in [5, 5.41) is 34.9. The van der Waals surface area contributed by atoms with Gasteiger partial charge in [-0.1, -0.05) is 0 Å². The highest BCUT2D eigenvalue weighted by molar-refractivity contribution is 8.55. The molecule has 0 aliphatic heterocycles. The molecule has 0 fully saturated rings. The molecular formula is C14H24N4O10P2S2. The van der Waals surface area contributed by atoms with Crippen LogP contribution in [-0.2, 0) is 27.2 Å². The van der Waals surface area contributed by atoms with Crippen molar-refractivity contribution in [1.29, 1.82) is 0 Å². The van der Waals surface area contributed by atoms with Gasteiger partial charge in [-0.05, 0) is 27.7 Å². The van der Waals surface area contributed by atoms with Gasteiger partial charge in [-0.3, -0.25) is 0 Å². The van der Waals surface area contributed by atoms with E-state index in [4.69, 9.17) is 26.9 Å². The SMILES string of the molecule is CCOP(=O)(OCC)Sc1nnc(C(O)C(O)c2nnc(SP(=O)(OCC)OCC)o2)o1. The van der Waals surface area contributed by atoms with Crippen molar-refractivity contribution < 1.29 is 46.3 Å². The molecule has 2 atom stereocenters. The van der Waals surface area contributed by atoms with Gasteiger partial charge in [-0.15, -0.1) is 20.4 Å². The summed E-state index contributed by atoms with van der Waals surface area (Å²) in [7, 11) is 0. The number of aliphatic hydroxyl groups excluding tert-OH is 2. The first-order valence-corrected chi connectivity index (χ1v) is 15.3. The van der Waals surface area contributed by atoms with Crippen molar-refractivity contribution >= 4 is 36.4 Å². The van der Waals surface area contributed by atoms with E-state index in [0.717, 1.165) is 0 Å². The standard InChI is InChI=1S/C14H24N4O10P2S2/c1-5-23-29(21,24-6-2)31-13-17-15-11(27-13)9(19)10(20)12-16-18-14(28-12)32-30(22,25-7-3)26-8-4/h9-10,19-20H,5-8H2,1-4H3. The number of aromatic nitrogens is 4. The Kier molecular flexibility index (Phi) is 10.8. The predicted octanol–water partition coefficient (Wildman–Crippen LogP) is 3.77. The van der Waals surface area contributed by atoms with E-state index < -0.39 is 37.6 Å². The van der Waals surface area contributed by atoms with Crippen LogP contribution in [0.5, 0.6) is 0 Å². The van der Waals surface area contributed by atoms with Crippen molar-refractivity contribution in [1.82, 2.24) is 20.4 Å². The van der Waals surface area contributed by atoms with Crippen molar-refractivity contribution in [3.05, 3.63) is 11.8 Å². The summed E-state index contributed by atoms with van der Waals surface area (Å²) in [6.45, 7) is -0.0855. The molecule has 0 aliphatic rings. The van der Waals surface area contributed by atoms with Gasteiger partial charge in [0, 0.05) is 0 Å². The largest absolute Gasteiger partial charge is 0.413 e. The van der Waals surface area contributed by atoms with E-state index in [0.29, 0.717) is 22.8 Å². The van der Waals surface area contributed by atoms with Crippen molar-refractivity contribution in [3.8, 4) is 0 Å². The Morgan fingerprint density at radius 1 is 0.719 bits per heavy atom. The summed E-state index contributed by atoms with van der Waals surface area (Å²) in [5.74, 6) is -0.803. The third-order valence-electron chi connectivity index (χ3n) is 3.18. The van der Waals surface area contributed by atoms with Gasteiger partial charge < -0.3 is 37.1 Å². The smallest absolute Gasteiger partial charge is 0.398 e. The van der Waals surface area contributed by atoms with Crippen LogP contribution in [0.25, 0.3) is 0 Å². The first kappa shape index (κ1) is 27.4. The minimum atomic E-state index is -3.59. The van der Waals surface area contributed by atoms with E-state index >= 15 is 0 Å². The summed E-state index contributed by atoms with van der Waals surface area (Å²) < 4.78 is 56.0. The van der Waals surface area contributed by atoms with E-state index in [2.05, 4.69) is 20.4 Å². The van der Waals surface area contributed by atoms with Crippen molar-refractivity contribution in [2.45, 2.75) is 50.3 Å². The first-order chi connectivity index (χ1) is 15.2. The molecule has 0 spiro atoms. The number of nitrogens with zero attached hydrogens (tertiary/aromatic N) is 4. The molecule has 0 aromatic carbocycles. The fraction of sp³-hybridized carbons (Fsp3) is 0.714. The lowest BCUT2D eigenvalue weighted by atomic mass is 10.2. The maximum atomic E-state index is 12.5. The quantitative estimate of drug-likeness (QED) is 0.314. The summed E-state index contributed by atoms with van der Waals surface area (Å²) in [4.78, 5) is 0. The van der Waals surface area contributed by atoms with Crippen LogP contribution in [0.3, 0.4) is 0 Å². The Bertz CT molecular complexity index is 850. The Morgan fingerprint density at radius 2 is 1.03 bits per heavy atom. The van der Waals surface area contributed by atoms with Crippen molar-refractivity contribution in [2.75, 3.05) is 26.4 Å². The Hall–Kier alpha value is -0.800. The van der Waals surface area contributed by atoms with E-state index in [1.807, 2.05) is 0 Å². The zero-order valence-electron chi connectivity index (χ0n) is 17.6. The highest BCUT2D eigenvalue weighted by Crippen LogP contribution is 2.64.